The Morgan fingerprint density at radius 1 is 1.69 bits per heavy atom. The Morgan fingerprint density at radius 2 is 2.38 bits per heavy atom. The molecule has 0 aromatic carbocycles. The van der Waals surface area contributed by atoms with Gasteiger partial charge in [-0.25, -0.2) is 0 Å². The number of nitrogens with zero attached hydrogens (tertiary/aromatic N) is 1. The summed E-state index contributed by atoms with van der Waals surface area (Å²) in [4.78, 5) is 13.2. The zero-order valence-electron chi connectivity index (χ0n) is 8.07. The third-order valence-corrected chi connectivity index (χ3v) is 2.31. The summed E-state index contributed by atoms with van der Waals surface area (Å²) in [5.41, 5.74) is 5.67. The first-order valence-corrected chi connectivity index (χ1v) is 4.83. The van der Waals surface area contributed by atoms with Crippen LogP contribution >= 0.6 is 0 Å². The van der Waals surface area contributed by atoms with E-state index in [4.69, 9.17) is 10.8 Å². The van der Waals surface area contributed by atoms with Crippen molar-refractivity contribution in [1.82, 2.24) is 4.90 Å². The maximum Gasteiger partial charge on any atom is 0.239 e. The fraction of sp³-hybridized carbons (Fsp3) is 0.889. The van der Waals surface area contributed by atoms with Crippen LogP contribution in [0, 0.1) is 0 Å². The van der Waals surface area contributed by atoms with Gasteiger partial charge in [-0.15, -0.1) is 0 Å². The quantitative estimate of drug-likeness (QED) is 0.622. The van der Waals surface area contributed by atoms with Gasteiger partial charge in [-0.2, -0.15) is 0 Å². The lowest BCUT2D eigenvalue weighted by atomic mass is 10.1. The predicted molar refractivity (Wildman–Crippen MR) is 50.1 cm³/mol. The summed E-state index contributed by atoms with van der Waals surface area (Å²) in [6, 6.07) is -0.360. The van der Waals surface area contributed by atoms with Crippen molar-refractivity contribution >= 4 is 5.91 Å². The Bertz CT molecular complexity index is 182. The highest BCUT2D eigenvalue weighted by molar-refractivity contribution is 5.81. The van der Waals surface area contributed by atoms with Crippen LogP contribution in [0.1, 0.15) is 26.2 Å². The predicted octanol–water partition coefficient (Wildman–Crippen LogP) is -0.293. The molecule has 2 atom stereocenters. The Labute approximate surface area is 78.7 Å². The van der Waals surface area contributed by atoms with Gasteiger partial charge in [0.25, 0.3) is 0 Å². The molecule has 4 nitrogen and oxygen atoms in total. The van der Waals surface area contributed by atoms with Gasteiger partial charge >= 0.3 is 0 Å². The summed E-state index contributed by atoms with van der Waals surface area (Å²) < 4.78 is 0. The molecule has 1 heterocycles. The molecular formula is C9H18N2O2. The molecule has 0 saturated carbocycles. The second kappa shape index (κ2) is 4.58. The molecule has 13 heavy (non-hydrogen) atoms. The fourth-order valence-electron chi connectivity index (χ4n) is 1.64. The minimum Gasteiger partial charge on any atom is -0.392 e. The van der Waals surface area contributed by atoms with Crippen LogP contribution in [-0.2, 0) is 4.79 Å². The Morgan fingerprint density at radius 3 is 3.00 bits per heavy atom. The van der Waals surface area contributed by atoms with Gasteiger partial charge in [0.1, 0.15) is 0 Å². The second-order valence-corrected chi connectivity index (χ2v) is 3.74. The fourth-order valence-corrected chi connectivity index (χ4v) is 1.64. The van der Waals surface area contributed by atoms with Crippen molar-refractivity contribution in [2.75, 3.05) is 13.1 Å². The first-order valence-electron chi connectivity index (χ1n) is 4.83. The minimum atomic E-state index is -0.464. The summed E-state index contributed by atoms with van der Waals surface area (Å²) in [5.74, 6) is -0.0154. The molecule has 4 heteroatoms. The van der Waals surface area contributed by atoms with E-state index in [0.717, 1.165) is 25.8 Å². The van der Waals surface area contributed by atoms with E-state index in [9.17, 15) is 4.79 Å². The molecule has 1 saturated heterocycles. The summed E-state index contributed by atoms with van der Waals surface area (Å²) in [5, 5.41) is 9.17. The van der Waals surface area contributed by atoms with Gasteiger partial charge in [-0.1, -0.05) is 0 Å². The first kappa shape index (κ1) is 10.5. The molecule has 0 aromatic heterocycles. The maximum absolute atomic E-state index is 11.6. The lowest BCUT2D eigenvalue weighted by Gasteiger charge is -2.23. The maximum atomic E-state index is 11.6. The highest BCUT2D eigenvalue weighted by Gasteiger charge is 2.24. The topological polar surface area (TPSA) is 66.6 Å². The Kier molecular flexibility index (Phi) is 3.69. The lowest BCUT2D eigenvalue weighted by molar-refractivity contribution is -0.133. The molecule has 0 bridgehead atoms. The first-order chi connectivity index (χ1) is 6.11. The molecule has 0 aliphatic carbocycles. The molecule has 1 aliphatic rings. The van der Waals surface area contributed by atoms with Crippen molar-refractivity contribution in [2.45, 2.75) is 38.3 Å². The number of hydrogen-bond donors (Lipinski definition) is 2. The number of amides is 1. The van der Waals surface area contributed by atoms with E-state index >= 15 is 0 Å². The van der Waals surface area contributed by atoms with Gasteiger partial charge in [0.2, 0.25) is 5.91 Å². The number of aliphatic hydroxyl groups excluding tert-OH is 1. The molecule has 0 aromatic rings. The highest BCUT2D eigenvalue weighted by Crippen LogP contribution is 2.10. The molecule has 76 valence electrons. The number of aliphatic hydroxyl groups is 1. The minimum absolute atomic E-state index is 0.0154. The van der Waals surface area contributed by atoms with Crippen LogP contribution in [0.2, 0.25) is 0 Å². The Hall–Kier alpha value is -0.610. The molecule has 1 rings (SSSR count). The standard InChI is InChI=1S/C9H18N2O2/c1-7(12)6-11-5-3-2-4-8(10)9(11)13/h7-8,12H,2-6,10H2,1H3/t7?,8-/m1/s1. The third kappa shape index (κ3) is 2.97. The van der Waals surface area contributed by atoms with Gasteiger partial charge in [-0.3, -0.25) is 4.79 Å². The monoisotopic (exact) mass is 186 g/mol. The molecule has 0 radical (unpaired) electrons. The van der Waals surface area contributed by atoms with E-state index in [-0.39, 0.29) is 11.9 Å². The van der Waals surface area contributed by atoms with Crippen molar-refractivity contribution in [3.63, 3.8) is 0 Å². The number of hydrogen-bond acceptors (Lipinski definition) is 3. The van der Waals surface area contributed by atoms with Crippen LogP contribution in [0.5, 0.6) is 0 Å². The smallest absolute Gasteiger partial charge is 0.239 e. The average Bonchev–Trinajstić information content (AvgIpc) is 2.19. The van der Waals surface area contributed by atoms with Gasteiger partial charge in [-0.05, 0) is 26.2 Å². The van der Waals surface area contributed by atoms with Crippen LogP contribution in [0.15, 0.2) is 0 Å². The normalized spacial score (nSPS) is 27.2. The van der Waals surface area contributed by atoms with Crippen LogP contribution in [0.3, 0.4) is 0 Å². The molecule has 1 aliphatic heterocycles. The zero-order chi connectivity index (χ0) is 9.84. The van der Waals surface area contributed by atoms with Crippen molar-refractivity contribution in [2.24, 2.45) is 5.73 Å². The molecule has 1 amide bonds. The highest BCUT2D eigenvalue weighted by atomic mass is 16.3. The van der Waals surface area contributed by atoms with E-state index in [1.54, 1.807) is 11.8 Å². The number of carbonyl (C=O) groups excluding carboxylic acids is 1. The van der Waals surface area contributed by atoms with Crippen LogP contribution in [-0.4, -0.2) is 41.1 Å². The molecule has 1 unspecified atom stereocenters. The average molecular weight is 186 g/mol. The van der Waals surface area contributed by atoms with Crippen LogP contribution < -0.4 is 5.73 Å². The summed E-state index contributed by atoms with van der Waals surface area (Å²) >= 11 is 0. The summed E-state index contributed by atoms with van der Waals surface area (Å²) in [6.45, 7) is 2.83. The van der Waals surface area contributed by atoms with E-state index in [1.807, 2.05) is 0 Å². The van der Waals surface area contributed by atoms with E-state index < -0.39 is 6.10 Å². The second-order valence-electron chi connectivity index (χ2n) is 3.74. The summed E-state index contributed by atoms with van der Waals surface area (Å²) in [6.07, 6.45) is 2.30. The van der Waals surface area contributed by atoms with Gasteiger partial charge in [0.05, 0.1) is 12.1 Å². The largest absolute Gasteiger partial charge is 0.392 e. The number of likely N-dealkylation sites (tertiary alicyclic amines) is 1. The van der Waals surface area contributed by atoms with Crippen LogP contribution in [0.4, 0.5) is 0 Å². The van der Waals surface area contributed by atoms with Gasteiger partial charge in [0, 0.05) is 13.1 Å². The van der Waals surface area contributed by atoms with E-state index in [0.29, 0.717) is 6.54 Å². The van der Waals surface area contributed by atoms with Crippen molar-refractivity contribution in [1.29, 1.82) is 0 Å². The zero-order valence-corrected chi connectivity index (χ0v) is 8.07. The SMILES string of the molecule is CC(O)CN1CCCC[C@@H](N)C1=O. The van der Waals surface area contributed by atoms with Gasteiger partial charge < -0.3 is 15.7 Å². The van der Waals surface area contributed by atoms with Gasteiger partial charge in [0.15, 0.2) is 0 Å². The lowest BCUT2D eigenvalue weighted by Crippen LogP contribution is -2.44. The molecular weight excluding hydrogens is 168 g/mol. The molecule has 3 N–H and O–H groups in total. The number of β-amino-alcohol motifs (C(OH)–C–C–N with tert-alkyl or cyclic N) is 1. The van der Waals surface area contributed by atoms with Crippen molar-refractivity contribution in [3.05, 3.63) is 0 Å². The number of nitrogens with two attached hydrogens (primary N) is 1. The van der Waals surface area contributed by atoms with E-state index in [1.165, 1.54) is 0 Å². The molecule has 0 spiro atoms. The third-order valence-electron chi connectivity index (χ3n) is 2.31. The Balaban J connectivity index is 2.54. The van der Waals surface area contributed by atoms with Crippen molar-refractivity contribution < 1.29 is 9.90 Å². The number of carbonyl (C=O) groups is 1. The van der Waals surface area contributed by atoms with Crippen LogP contribution in [0.25, 0.3) is 0 Å². The van der Waals surface area contributed by atoms with E-state index in [2.05, 4.69) is 0 Å². The summed E-state index contributed by atoms with van der Waals surface area (Å²) in [7, 11) is 0. The number of rotatable bonds is 2. The van der Waals surface area contributed by atoms with Crippen molar-refractivity contribution in [3.8, 4) is 0 Å². The molecule has 1 fully saturated rings.